The zero-order valence-electron chi connectivity index (χ0n) is 10.7. The molecular formula is C14H20O3. The van der Waals surface area contributed by atoms with E-state index in [0.717, 1.165) is 5.56 Å². The van der Waals surface area contributed by atoms with Gasteiger partial charge >= 0.3 is 5.97 Å². The van der Waals surface area contributed by atoms with E-state index in [1.54, 1.807) is 0 Å². The van der Waals surface area contributed by atoms with Gasteiger partial charge in [0.15, 0.2) is 0 Å². The van der Waals surface area contributed by atoms with E-state index in [1.807, 2.05) is 51.1 Å². The number of rotatable bonds is 5. The average molecular weight is 236 g/mol. The molecule has 0 heterocycles. The summed E-state index contributed by atoms with van der Waals surface area (Å²) in [6, 6.07) is 9.91. The SMILES string of the molecule is CC(C)(C)C(=O)OCCOCc1ccccc1. The van der Waals surface area contributed by atoms with Gasteiger partial charge in [-0.3, -0.25) is 4.79 Å². The second kappa shape index (κ2) is 6.40. The van der Waals surface area contributed by atoms with Crippen molar-refractivity contribution >= 4 is 5.97 Å². The van der Waals surface area contributed by atoms with Crippen LogP contribution in [0.5, 0.6) is 0 Å². The smallest absolute Gasteiger partial charge is 0.311 e. The average Bonchev–Trinajstić information content (AvgIpc) is 2.28. The van der Waals surface area contributed by atoms with Crippen LogP contribution in [0.3, 0.4) is 0 Å². The lowest BCUT2D eigenvalue weighted by molar-refractivity contribution is -0.154. The molecule has 0 unspecified atom stereocenters. The molecule has 3 nitrogen and oxygen atoms in total. The molecule has 17 heavy (non-hydrogen) atoms. The van der Waals surface area contributed by atoms with Gasteiger partial charge in [0, 0.05) is 0 Å². The van der Waals surface area contributed by atoms with Crippen LogP contribution >= 0.6 is 0 Å². The maximum Gasteiger partial charge on any atom is 0.311 e. The fourth-order valence-electron chi connectivity index (χ4n) is 1.17. The Kier molecular flexibility index (Phi) is 5.16. The molecule has 0 radical (unpaired) electrons. The summed E-state index contributed by atoms with van der Waals surface area (Å²) in [5.41, 5.74) is 0.675. The van der Waals surface area contributed by atoms with E-state index in [-0.39, 0.29) is 5.97 Å². The van der Waals surface area contributed by atoms with Gasteiger partial charge in [-0.1, -0.05) is 30.3 Å². The molecule has 0 aliphatic carbocycles. The summed E-state index contributed by atoms with van der Waals surface area (Å²) in [4.78, 5) is 11.4. The van der Waals surface area contributed by atoms with Crippen molar-refractivity contribution in [2.24, 2.45) is 5.41 Å². The topological polar surface area (TPSA) is 35.5 Å². The molecule has 0 aliphatic heterocycles. The van der Waals surface area contributed by atoms with Gasteiger partial charge in [-0.05, 0) is 26.3 Å². The van der Waals surface area contributed by atoms with E-state index in [4.69, 9.17) is 9.47 Å². The first kappa shape index (κ1) is 13.7. The molecule has 1 aromatic carbocycles. The molecule has 0 amide bonds. The van der Waals surface area contributed by atoms with E-state index in [1.165, 1.54) is 0 Å². The minimum Gasteiger partial charge on any atom is -0.463 e. The van der Waals surface area contributed by atoms with Crippen molar-refractivity contribution in [3.8, 4) is 0 Å². The first-order valence-electron chi connectivity index (χ1n) is 5.79. The highest BCUT2D eigenvalue weighted by Gasteiger charge is 2.22. The minimum absolute atomic E-state index is 0.194. The fraction of sp³-hybridized carbons (Fsp3) is 0.500. The zero-order valence-corrected chi connectivity index (χ0v) is 10.7. The predicted molar refractivity (Wildman–Crippen MR) is 66.5 cm³/mol. The molecule has 94 valence electrons. The lowest BCUT2D eigenvalue weighted by Gasteiger charge is -2.16. The molecule has 0 fully saturated rings. The van der Waals surface area contributed by atoms with Gasteiger partial charge in [0.05, 0.1) is 18.6 Å². The van der Waals surface area contributed by atoms with Gasteiger partial charge in [0.25, 0.3) is 0 Å². The van der Waals surface area contributed by atoms with Crippen molar-refractivity contribution in [3.63, 3.8) is 0 Å². The van der Waals surface area contributed by atoms with Gasteiger partial charge in [0.2, 0.25) is 0 Å². The van der Waals surface area contributed by atoms with E-state index in [2.05, 4.69) is 0 Å². The number of carbonyl (C=O) groups is 1. The van der Waals surface area contributed by atoms with Crippen LogP contribution in [-0.2, 0) is 20.9 Å². The quantitative estimate of drug-likeness (QED) is 0.582. The van der Waals surface area contributed by atoms with Crippen LogP contribution < -0.4 is 0 Å². The summed E-state index contributed by atoms with van der Waals surface area (Å²) in [5.74, 6) is -0.194. The van der Waals surface area contributed by atoms with Gasteiger partial charge in [-0.25, -0.2) is 0 Å². The molecule has 1 rings (SSSR count). The largest absolute Gasteiger partial charge is 0.463 e. The molecular weight excluding hydrogens is 216 g/mol. The highest BCUT2D eigenvalue weighted by molar-refractivity contribution is 5.75. The molecule has 3 heteroatoms. The molecule has 0 spiro atoms. The van der Waals surface area contributed by atoms with Crippen LogP contribution in [0.15, 0.2) is 30.3 Å². The number of carbonyl (C=O) groups excluding carboxylic acids is 1. The van der Waals surface area contributed by atoms with E-state index >= 15 is 0 Å². The first-order valence-corrected chi connectivity index (χ1v) is 5.79. The molecule has 0 atom stereocenters. The summed E-state index contributed by atoms with van der Waals surface area (Å²) in [6.07, 6.45) is 0. The minimum atomic E-state index is -0.445. The third kappa shape index (κ3) is 5.50. The van der Waals surface area contributed by atoms with Crippen LogP contribution in [0.25, 0.3) is 0 Å². The lowest BCUT2D eigenvalue weighted by Crippen LogP contribution is -2.24. The second-order valence-electron chi connectivity index (χ2n) is 4.92. The van der Waals surface area contributed by atoms with Crippen molar-refractivity contribution in [1.82, 2.24) is 0 Å². The lowest BCUT2D eigenvalue weighted by atomic mass is 9.97. The van der Waals surface area contributed by atoms with Crippen LogP contribution in [-0.4, -0.2) is 19.2 Å². The molecule has 1 aromatic rings. The van der Waals surface area contributed by atoms with Crippen LogP contribution in [0.2, 0.25) is 0 Å². The van der Waals surface area contributed by atoms with Crippen molar-refractivity contribution in [3.05, 3.63) is 35.9 Å². The Morgan fingerprint density at radius 3 is 2.35 bits per heavy atom. The molecule has 0 saturated carbocycles. The number of ether oxygens (including phenoxy) is 2. The molecule has 0 saturated heterocycles. The van der Waals surface area contributed by atoms with E-state index in [0.29, 0.717) is 19.8 Å². The Morgan fingerprint density at radius 1 is 1.12 bits per heavy atom. The summed E-state index contributed by atoms with van der Waals surface area (Å²) < 4.78 is 10.5. The summed E-state index contributed by atoms with van der Waals surface area (Å²) in [5, 5.41) is 0. The number of benzene rings is 1. The maximum atomic E-state index is 11.4. The van der Waals surface area contributed by atoms with Gasteiger partial charge in [-0.15, -0.1) is 0 Å². The van der Waals surface area contributed by atoms with E-state index in [9.17, 15) is 4.79 Å². The van der Waals surface area contributed by atoms with Crippen molar-refractivity contribution in [2.45, 2.75) is 27.4 Å². The summed E-state index contributed by atoms with van der Waals surface area (Å²) >= 11 is 0. The summed E-state index contributed by atoms with van der Waals surface area (Å²) in [7, 11) is 0. The second-order valence-corrected chi connectivity index (χ2v) is 4.92. The Bertz CT molecular complexity index is 338. The highest BCUT2D eigenvalue weighted by Crippen LogP contribution is 2.14. The standard InChI is InChI=1S/C14H20O3/c1-14(2,3)13(15)17-10-9-16-11-12-7-5-4-6-8-12/h4-8H,9-11H2,1-3H3. The monoisotopic (exact) mass is 236 g/mol. The maximum absolute atomic E-state index is 11.4. The Balaban J connectivity index is 2.12. The Hall–Kier alpha value is -1.35. The zero-order chi connectivity index (χ0) is 12.7. The van der Waals surface area contributed by atoms with Crippen LogP contribution in [0.1, 0.15) is 26.3 Å². The third-order valence-corrected chi connectivity index (χ3v) is 2.18. The first-order chi connectivity index (χ1) is 8.00. The Labute approximate surface area is 103 Å². The van der Waals surface area contributed by atoms with Crippen molar-refractivity contribution in [1.29, 1.82) is 0 Å². The predicted octanol–water partition coefficient (Wildman–Crippen LogP) is 2.79. The van der Waals surface area contributed by atoms with Gasteiger partial charge in [-0.2, -0.15) is 0 Å². The molecule has 0 aliphatic rings. The number of esters is 1. The van der Waals surface area contributed by atoms with Crippen molar-refractivity contribution < 1.29 is 14.3 Å². The third-order valence-electron chi connectivity index (χ3n) is 2.18. The number of hydrogen-bond donors (Lipinski definition) is 0. The highest BCUT2D eigenvalue weighted by atomic mass is 16.6. The van der Waals surface area contributed by atoms with Crippen LogP contribution in [0.4, 0.5) is 0 Å². The number of hydrogen-bond acceptors (Lipinski definition) is 3. The van der Waals surface area contributed by atoms with Gasteiger partial charge < -0.3 is 9.47 Å². The molecule has 0 aromatic heterocycles. The fourth-order valence-corrected chi connectivity index (χ4v) is 1.17. The molecule has 0 bridgehead atoms. The normalized spacial score (nSPS) is 11.2. The molecule has 0 N–H and O–H groups in total. The van der Waals surface area contributed by atoms with E-state index < -0.39 is 5.41 Å². The summed E-state index contributed by atoms with van der Waals surface area (Å²) in [6.45, 7) is 6.79. The van der Waals surface area contributed by atoms with Crippen LogP contribution in [0, 0.1) is 5.41 Å². The van der Waals surface area contributed by atoms with Gasteiger partial charge in [0.1, 0.15) is 6.61 Å². The Morgan fingerprint density at radius 2 is 1.76 bits per heavy atom. The van der Waals surface area contributed by atoms with Crippen molar-refractivity contribution in [2.75, 3.05) is 13.2 Å².